The van der Waals surface area contributed by atoms with Gasteiger partial charge in [0, 0.05) is 0 Å². The number of aromatic nitrogens is 2. The van der Waals surface area contributed by atoms with Crippen molar-refractivity contribution in [1.29, 1.82) is 0 Å². The lowest BCUT2D eigenvalue weighted by Crippen LogP contribution is -2.24. The average molecular weight is 212 g/mol. The van der Waals surface area contributed by atoms with Crippen molar-refractivity contribution in [1.82, 2.24) is 14.9 Å². The first-order valence-corrected chi connectivity index (χ1v) is 5.11. The summed E-state index contributed by atoms with van der Waals surface area (Å²) in [6.07, 6.45) is 1.12. The Morgan fingerprint density at radius 3 is 2.92 bits per heavy atom. The Balaban J connectivity index is 2.47. The molecule has 0 aliphatic carbocycles. The zero-order chi connectivity index (χ0) is 9.03. The molecule has 1 heterocycles. The van der Waals surface area contributed by atoms with Gasteiger partial charge < -0.3 is 4.52 Å². The summed E-state index contributed by atoms with van der Waals surface area (Å²) in [6.45, 7) is -0.00838. The highest BCUT2D eigenvalue weighted by molar-refractivity contribution is 7.90. The number of hydrogen-bond acceptors (Lipinski definition) is 5. The molecule has 6 nitrogen and oxygen atoms in total. The maximum atomic E-state index is 10.8. The molecular weight excluding hydrogens is 206 g/mol. The summed E-state index contributed by atoms with van der Waals surface area (Å²) in [5.41, 5.74) is 0. The molecule has 1 rings (SSSR count). The van der Waals surface area contributed by atoms with Crippen LogP contribution in [0.15, 0.2) is 10.9 Å². The number of nitrogens with one attached hydrogen (secondary N) is 1. The van der Waals surface area contributed by atoms with Crippen molar-refractivity contribution >= 4 is 21.6 Å². The van der Waals surface area contributed by atoms with Gasteiger partial charge in [-0.3, -0.25) is 0 Å². The molecule has 12 heavy (non-hydrogen) atoms. The first-order valence-electron chi connectivity index (χ1n) is 2.92. The Kier molecular flexibility index (Phi) is 3.01. The van der Waals surface area contributed by atoms with Crippen molar-refractivity contribution in [3.05, 3.63) is 12.2 Å². The molecule has 0 aliphatic rings. The number of hydrogen-bond donors (Lipinski definition) is 1. The van der Waals surface area contributed by atoms with Crippen LogP contribution in [0.2, 0.25) is 0 Å². The van der Waals surface area contributed by atoms with Crippen molar-refractivity contribution in [2.45, 2.75) is 6.54 Å². The highest BCUT2D eigenvalue weighted by Gasteiger charge is 2.08. The van der Waals surface area contributed by atoms with E-state index in [-0.39, 0.29) is 12.4 Å². The molecule has 8 heteroatoms. The fraction of sp³-hybridized carbons (Fsp3) is 0.500. The second-order valence-corrected chi connectivity index (χ2v) is 4.28. The minimum atomic E-state index is -3.40. The lowest BCUT2D eigenvalue weighted by molar-refractivity contribution is 0.409. The predicted molar refractivity (Wildman–Crippen MR) is 40.8 cm³/mol. The average Bonchev–Trinajstić information content (AvgIpc) is 2.53. The third kappa shape index (κ3) is 2.76. The molecule has 0 fully saturated rings. The monoisotopic (exact) mass is 211 g/mol. The summed E-state index contributed by atoms with van der Waals surface area (Å²) in [6, 6.07) is 0. The summed E-state index contributed by atoms with van der Waals surface area (Å²) in [5.74, 6) is 0.267. The smallest absolute Gasteiger partial charge is 0.226 e. The molecule has 0 amide bonds. The molecule has 1 aromatic rings. The lowest BCUT2D eigenvalue weighted by Gasteiger charge is -1.97. The van der Waals surface area contributed by atoms with Crippen LogP contribution in [-0.2, 0) is 16.6 Å². The third-order valence-corrected chi connectivity index (χ3v) is 2.73. The first-order chi connectivity index (χ1) is 5.64. The van der Waals surface area contributed by atoms with Gasteiger partial charge in [-0.15, -0.1) is 11.6 Å². The summed E-state index contributed by atoms with van der Waals surface area (Å²) in [4.78, 5) is 3.61. The van der Waals surface area contributed by atoms with Crippen LogP contribution in [0, 0.1) is 0 Å². The standard InChI is InChI=1S/C4H6ClN3O3S/c5-2-12(9,10)7-1-4-6-3-11-8-4/h3,7H,1-2H2. The van der Waals surface area contributed by atoms with Crippen LogP contribution in [0.5, 0.6) is 0 Å². The van der Waals surface area contributed by atoms with Crippen LogP contribution in [0.25, 0.3) is 0 Å². The van der Waals surface area contributed by atoms with E-state index in [2.05, 4.69) is 19.4 Å². The van der Waals surface area contributed by atoms with Crippen molar-refractivity contribution in [2.24, 2.45) is 0 Å². The zero-order valence-corrected chi connectivity index (χ0v) is 7.47. The number of halogens is 1. The molecule has 0 radical (unpaired) electrons. The van der Waals surface area contributed by atoms with Gasteiger partial charge in [0.2, 0.25) is 16.4 Å². The summed E-state index contributed by atoms with van der Waals surface area (Å²) < 4.78 is 28.1. The quantitative estimate of drug-likeness (QED) is 0.691. The molecule has 1 aromatic heterocycles. The molecule has 0 spiro atoms. The first kappa shape index (κ1) is 9.43. The highest BCUT2D eigenvalue weighted by atomic mass is 35.5. The SMILES string of the molecule is O=S(=O)(CCl)NCc1ncon1. The van der Waals surface area contributed by atoms with Gasteiger partial charge in [0.25, 0.3) is 0 Å². The Bertz CT molecular complexity index is 321. The summed E-state index contributed by atoms with van der Waals surface area (Å²) >= 11 is 5.12. The van der Waals surface area contributed by atoms with Crippen molar-refractivity contribution < 1.29 is 12.9 Å². The second kappa shape index (κ2) is 3.83. The zero-order valence-electron chi connectivity index (χ0n) is 5.90. The van der Waals surface area contributed by atoms with E-state index in [1.54, 1.807) is 0 Å². The van der Waals surface area contributed by atoms with Crippen molar-refractivity contribution in [3.8, 4) is 0 Å². The normalized spacial score (nSPS) is 11.8. The third-order valence-electron chi connectivity index (χ3n) is 1.00. The fourth-order valence-electron chi connectivity index (χ4n) is 0.483. The number of sulfonamides is 1. The molecule has 0 unspecified atom stereocenters. The maximum absolute atomic E-state index is 10.8. The van der Waals surface area contributed by atoms with Crippen LogP contribution in [0.1, 0.15) is 5.82 Å². The molecule has 0 atom stereocenters. The van der Waals surface area contributed by atoms with E-state index in [0.717, 1.165) is 6.39 Å². The minimum Gasteiger partial charge on any atom is -0.343 e. The molecule has 68 valence electrons. The largest absolute Gasteiger partial charge is 0.343 e. The summed E-state index contributed by atoms with van der Waals surface area (Å²) in [7, 11) is -3.40. The molecule has 1 N–H and O–H groups in total. The van der Waals surface area contributed by atoms with Gasteiger partial charge in [0.1, 0.15) is 5.21 Å². The van der Waals surface area contributed by atoms with Crippen LogP contribution < -0.4 is 4.72 Å². The second-order valence-electron chi connectivity index (χ2n) is 1.89. The number of alkyl halides is 1. The molecule has 0 bridgehead atoms. The molecule has 0 aliphatic heterocycles. The molecule has 0 saturated carbocycles. The van der Waals surface area contributed by atoms with E-state index in [4.69, 9.17) is 11.6 Å². The van der Waals surface area contributed by atoms with Crippen molar-refractivity contribution in [2.75, 3.05) is 5.21 Å². The topological polar surface area (TPSA) is 85.1 Å². The Hall–Kier alpha value is -0.660. The number of nitrogens with zero attached hydrogens (tertiary/aromatic N) is 2. The molecule has 0 aromatic carbocycles. The fourth-order valence-corrected chi connectivity index (χ4v) is 1.14. The minimum absolute atomic E-state index is 0.00838. The van der Waals surface area contributed by atoms with Gasteiger partial charge in [-0.2, -0.15) is 4.98 Å². The van der Waals surface area contributed by atoms with Gasteiger partial charge in [-0.1, -0.05) is 5.16 Å². The van der Waals surface area contributed by atoms with E-state index < -0.39 is 15.2 Å². The Morgan fingerprint density at radius 1 is 1.67 bits per heavy atom. The maximum Gasteiger partial charge on any atom is 0.226 e. The Labute approximate surface area is 74.0 Å². The van der Waals surface area contributed by atoms with Crippen LogP contribution >= 0.6 is 11.6 Å². The molecule has 0 saturated heterocycles. The predicted octanol–water partition coefficient (Wildman–Crippen LogP) is -0.315. The number of rotatable bonds is 4. The van der Waals surface area contributed by atoms with E-state index in [1.807, 2.05) is 0 Å². The molecular formula is C4H6ClN3O3S. The van der Waals surface area contributed by atoms with Gasteiger partial charge in [-0.05, 0) is 0 Å². The van der Waals surface area contributed by atoms with Crippen LogP contribution in [-0.4, -0.2) is 23.8 Å². The Morgan fingerprint density at radius 2 is 2.42 bits per heavy atom. The highest BCUT2D eigenvalue weighted by Crippen LogP contribution is 1.92. The van der Waals surface area contributed by atoms with Gasteiger partial charge in [0.15, 0.2) is 5.82 Å². The lowest BCUT2D eigenvalue weighted by atomic mass is 10.6. The van der Waals surface area contributed by atoms with Gasteiger partial charge in [0.05, 0.1) is 6.54 Å². The van der Waals surface area contributed by atoms with E-state index >= 15 is 0 Å². The van der Waals surface area contributed by atoms with Crippen molar-refractivity contribution in [3.63, 3.8) is 0 Å². The van der Waals surface area contributed by atoms with Crippen LogP contribution in [0.4, 0.5) is 0 Å². The summed E-state index contributed by atoms with van der Waals surface area (Å²) in [5, 5.41) is 2.92. The van der Waals surface area contributed by atoms with Crippen LogP contribution in [0.3, 0.4) is 0 Å². The van der Waals surface area contributed by atoms with E-state index in [9.17, 15) is 8.42 Å². The van der Waals surface area contributed by atoms with E-state index in [1.165, 1.54) is 0 Å². The van der Waals surface area contributed by atoms with Gasteiger partial charge in [-0.25, -0.2) is 13.1 Å². The van der Waals surface area contributed by atoms with Gasteiger partial charge >= 0.3 is 0 Å². The van der Waals surface area contributed by atoms with E-state index in [0.29, 0.717) is 0 Å².